The molecule has 0 aliphatic carbocycles. The summed E-state index contributed by atoms with van der Waals surface area (Å²) in [4.78, 5) is 25.1. The lowest BCUT2D eigenvalue weighted by Crippen LogP contribution is -2.35. The van der Waals surface area contributed by atoms with Gasteiger partial charge >= 0.3 is 0 Å². The Morgan fingerprint density at radius 1 is 1.33 bits per heavy atom. The van der Waals surface area contributed by atoms with Gasteiger partial charge in [-0.15, -0.1) is 11.6 Å². The van der Waals surface area contributed by atoms with E-state index >= 15 is 0 Å². The van der Waals surface area contributed by atoms with E-state index in [1.54, 1.807) is 0 Å². The van der Waals surface area contributed by atoms with Gasteiger partial charge in [0.05, 0.1) is 5.41 Å². The van der Waals surface area contributed by atoms with E-state index in [1.807, 2.05) is 13.8 Å². The fraction of sp³-hybridized carbons (Fsp3) is 0.818. The molecule has 2 amide bonds. The van der Waals surface area contributed by atoms with Crippen molar-refractivity contribution in [2.45, 2.75) is 39.5 Å². The molecular formula is C11H18ClNO2. The third-order valence-electron chi connectivity index (χ3n) is 3.36. The molecule has 1 heterocycles. The number of imide groups is 1. The lowest BCUT2D eigenvalue weighted by Gasteiger charge is -2.23. The smallest absolute Gasteiger partial charge is 0.235 e. The Morgan fingerprint density at radius 2 is 1.93 bits per heavy atom. The molecule has 0 radical (unpaired) electrons. The Balaban J connectivity index is 2.77. The summed E-state index contributed by atoms with van der Waals surface area (Å²) < 4.78 is 0. The van der Waals surface area contributed by atoms with E-state index < -0.39 is 5.41 Å². The predicted molar refractivity (Wildman–Crippen MR) is 59.7 cm³/mol. The lowest BCUT2D eigenvalue weighted by atomic mass is 9.81. The molecule has 0 atom stereocenters. The zero-order chi connectivity index (χ0) is 11.5. The molecule has 1 fully saturated rings. The molecule has 3 nitrogen and oxygen atoms in total. The summed E-state index contributed by atoms with van der Waals surface area (Å²) in [6.07, 6.45) is 2.54. The van der Waals surface area contributed by atoms with Crippen molar-refractivity contribution in [3.63, 3.8) is 0 Å². The van der Waals surface area contributed by atoms with Gasteiger partial charge in [0.25, 0.3) is 0 Å². The Bertz CT molecular complexity index is 261. The maximum absolute atomic E-state index is 12.1. The highest BCUT2D eigenvalue weighted by Crippen LogP contribution is 2.39. The Hall–Kier alpha value is -0.570. The van der Waals surface area contributed by atoms with Crippen molar-refractivity contribution in [1.29, 1.82) is 0 Å². The minimum Gasteiger partial charge on any atom is -0.282 e. The number of hydrogen-bond donors (Lipinski definition) is 0. The predicted octanol–water partition coefficient (Wildman–Crippen LogP) is 2.18. The SMILES string of the molecule is CCC1(CC)CC(=O)N(CCCCl)C1=O. The summed E-state index contributed by atoms with van der Waals surface area (Å²) >= 11 is 5.56. The van der Waals surface area contributed by atoms with Gasteiger partial charge in [0.15, 0.2) is 0 Å². The number of alkyl halides is 1. The van der Waals surface area contributed by atoms with Crippen LogP contribution in [0.5, 0.6) is 0 Å². The van der Waals surface area contributed by atoms with Gasteiger partial charge in [-0.1, -0.05) is 13.8 Å². The van der Waals surface area contributed by atoms with Crippen molar-refractivity contribution >= 4 is 23.4 Å². The van der Waals surface area contributed by atoms with E-state index in [2.05, 4.69) is 0 Å². The van der Waals surface area contributed by atoms with Crippen molar-refractivity contribution in [3.8, 4) is 0 Å². The molecule has 4 heteroatoms. The van der Waals surface area contributed by atoms with Crippen molar-refractivity contribution in [3.05, 3.63) is 0 Å². The molecule has 1 aliphatic rings. The number of carbonyl (C=O) groups excluding carboxylic acids is 2. The Kier molecular flexibility index (Phi) is 4.14. The minimum absolute atomic E-state index is 0.00242. The molecule has 15 heavy (non-hydrogen) atoms. The molecular weight excluding hydrogens is 214 g/mol. The number of halogens is 1. The third-order valence-corrected chi connectivity index (χ3v) is 3.63. The second-order valence-corrected chi connectivity index (χ2v) is 4.44. The lowest BCUT2D eigenvalue weighted by molar-refractivity contribution is -0.141. The first kappa shape index (κ1) is 12.5. The topological polar surface area (TPSA) is 37.4 Å². The fourth-order valence-corrected chi connectivity index (χ4v) is 2.23. The van der Waals surface area contributed by atoms with Crippen LogP contribution in [-0.4, -0.2) is 29.1 Å². The average Bonchev–Trinajstić information content (AvgIpc) is 2.49. The quantitative estimate of drug-likeness (QED) is 0.537. The summed E-state index contributed by atoms with van der Waals surface area (Å²) in [5, 5.41) is 0. The molecule has 0 aromatic heterocycles. The third kappa shape index (κ3) is 2.17. The summed E-state index contributed by atoms with van der Waals surface area (Å²) in [5.74, 6) is 0.457. The van der Waals surface area contributed by atoms with Crippen LogP contribution < -0.4 is 0 Å². The zero-order valence-electron chi connectivity index (χ0n) is 9.38. The first-order valence-electron chi connectivity index (χ1n) is 5.52. The van der Waals surface area contributed by atoms with E-state index in [-0.39, 0.29) is 11.8 Å². The molecule has 0 aromatic rings. The van der Waals surface area contributed by atoms with E-state index in [0.29, 0.717) is 25.3 Å². The number of hydrogen-bond acceptors (Lipinski definition) is 2. The van der Waals surface area contributed by atoms with Crippen LogP contribution in [0.4, 0.5) is 0 Å². The molecule has 0 bridgehead atoms. The first-order chi connectivity index (χ1) is 7.11. The Morgan fingerprint density at radius 3 is 2.33 bits per heavy atom. The number of nitrogens with zero attached hydrogens (tertiary/aromatic N) is 1. The Labute approximate surface area is 95.8 Å². The monoisotopic (exact) mass is 231 g/mol. The molecule has 0 N–H and O–H groups in total. The molecule has 0 unspecified atom stereocenters. The molecule has 1 saturated heterocycles. The maximum atomic E-state index is 12.1. The average molecular weight is 232 g/mol. The van der Waals surface area contributed by atoms with Gasteiger partial charge in [-0.25, -0.2) is 0 Å². The number of likely N-dealkylation sites (tertiary alicyclic amines) is 1. The summed E-state index contributed by atoms with van der Waals surface area (Å²) in [7, 11) is 0. The van der Waals surface area contributed by atoms with Crippen molar-refractivity contribution in [2.24, 2.45) is 5.41 Å². The number of rotatable bonds is 5. The highest BCUT2D eigenvalue weighted by Gasteiger charge is 2.48. The van der Waals surface area contributed by atoms with Crippen LogP contribution in [0.25, 0.3) is 0 Å². The van der Waals surface area contributed by atoms with Gasteiger partial charge in [-0.2, -0.15) is 0 Å². The number of amides is 2. The van der Waals surface area contributed by atoms with Crippen LogP contribution in [0.2, 0.25) is 0 Å². The van der Waals surface area contributed by atoms with E-state index in [9.17, 15) is 9.59 Å². The molecule has 0 aromatic carbocycles. The van der Waals surface area contributed by atoms with Gasteiger partial charge in [0, 0.05) is 18.8 Å². The van der Waals surface area contributed by atoms with Gasteiger partial charge in [-0.05, 0) is 19.3 Å². The van der Waals surface area contributed by atoms with E-state index in [1.165, 1.54) is 4.90 Å². The van der Waals surface area contributed by atoms with Crippen molar-refractivity contribution in [2.75, 3.05) is 12.4 Å². The van der Waals surface area contributed by atoms with Gasteiger partial charge < -0.3 is 0 Å². The second kappa shape index (κ2) is 4.97. The van der Waals surface area contributed by atoms with Crippen LogP contribution in [0.15, 0.2) is 0 Å². The van der Waals surface area contributed by atoms with Crippen LogP contribution in [0, 0.1) is 5.41 Å². The standard InChI is InChI=1S/C11H18ClNO2/c1-3-11(4-2)8-9(14)13(10(11)15)7-5-6-12/h3-8H2,1-2H3. The van der Waals surface area contributed by atoms with Crippen LogP contribution in [0.1, 0.15) is 39.5 Å². The maximum Gasteiger partial charge on any atom is 0.235 e. The molecule has 1 rings (SSSR count). The molecule has 0 spiro atoms. The zero-order valence-corrected chi connectivity index (χ0v) is 10.1. The fourth-order valence-electron chi connectivity index (χ4n) is 2.11. The highest BCUT2D eigenvalue weighted by atomic mass is 35.5. The second-order valence-electron chi connectivity index (χ2n) is 4.06. The molecule has 0 saturated carbocycles. The summed E-state index contributed by atoms with van der Waals surface area (Å²) in [6, 6.07) is 0. The number of carbonyl (C=O) groups is 2. The van der Waals surface area contributed by atoms with Crippen LogP contribution >= 0.6 is 11.6 Å². The highest BCUT2D eigenvalue weighted by molar-refractivity contribution is 6.17. The van der Waals surface area contributed by atoms with E-state index in [0.717, 1.165) is 12.8 Å². The van der Waals surface area contributed by atoms with Gasteiger partial charge in [0.1, 0.15) is 0 Å². The normalized spacial score (nSPS) is 20.1. The van der Waals surface area contributed by atoms with Crippen molar-refractivity contribution in [1.82, 2.24) is 4.90 Å². The summed E-state index contributed by atoms with van der Waals surface area (Å²) in [6.45, 7) is 4.42. The van der Waals surface area contributed by atoms with Crippen LogP contribution in [-0.2, 0) is 9.59 Å². The van der Waals surface area contributed by atoms with Gasteiger partial charge in [0.2, 0.25) is 11.8 Å². The van der Waals surface area contributed by atoms with Crippen molar-refractivity contribution < 1.29 is 9.59 Å². The van der Waals surface area contributed by atoms with Crippen LogP contribution in [0.3, 0.4) is 0 Å². The van der Waals surface area contributed by atoms with E-state index in [4.69, 9.17) is 11.6 Å². The largest absolute Gasteiger partial charge is 0.282 e. The minimum atomic E-state index is -0.427. The first-order valence-corrected chi connectivity index (χ1v) is 6.05. The summed E-state index contributed by atoms with van der Waals surface area (Å²) in [5.41, 5.74) is -0.427. The van der Waals surface area contributed by atoms with Gasteiger partial charge in [-0.3, -0.25) is 14.5 Å². The molecule has 86 valence electrons. The molecule has 1 aliphatic heterocycles.